The summed E-state index contributed by atoms with van der Waals surface area (Å²) in [5, 5.41) is 11.0. The lowest BCUT2D eigenvalue weighted by Crippen LogP contribution is -2.15. The van der Waals surface area contributed by atoms with Crippen molar-refractivity contribution in [2.24, 2.45) is 0 Å². The lowest BCUT2D eigenvalue weighted by molar-refractivity contribution is 0.260. The van der Waals surface area contributed by atoms with Crippen molar-refractivity contribution in [3.63, 3.8) is 0 Å². The number of aromatic nitrogens is 2. The Bertz CT molecular complexity index is 608. The summed E-state index contributed by atoms with van der Waals surface area (Å²) in [6.45, 7) is 2.99. The lowest BCUT2D eigenvalue weighted by Gasteiger charge is -2.12. The first-order chi connectivity index (χ1) is 10.3. The van der Waals surface area contributed by atoms with E-state index in [9.17, 15) is 0 Å². The Morgan fingerprint density at radius 2 is 2.14 bits per heavy atom. The van der Waals surface area contributed by atoms with Gasteiger partial charge in [0.1, 0.15) is 18.0 Å². The fourth-order valence-electron chi connectivity index (χ4n) is 2.02. The summed E-state index contributed by atoms with van der Waals surface area (Å²) in [4.78, 5) is 0. The fourth-order valence-corrected chi connectivity index (χ4v) is 2.02. The van der Waals surface area contributed by atoms with Crippen LogP contribution in [0.25, 0.3) is 0 Å². The van der Waals surface area contributed by atoms with E-state index >= 15 is 0 Å². The Balaban J connectivity index is 1.68. The van der Waals surface area contributed by atoms with Crippen molar-refractivity contribution in [3.05, 3.63) is 35.2 Å². The molecule has 1 N–H and O–H groups in total. The molecule has 0 unspecified atom stereocenters. The highest BCUT2D eigenvalue weighted by Crippen LogP contribution is 2.29. The Morgan fingerprint density at radius 3 is 2.81 bits per heavy atom. The van der Waals surface area contributed by atoms with Gasteiger partial charge in [0.25, 0.3) is 0 Å². The Morgan fingerprint density at radius 1 is 1.29 bits per heavy atom. The second-order valence-corrected chi connectivity index (χ2v) is 5.23. The van der Waals surface area contributed by atoms with Crippen LogP contribution in [0.1, 0.15) is 29.8 Å². The maximum absolute atomic E-state index is 5.80. The molecule has 6 heteroatoms. The third kappa shape index (κ3) is 3.52. The molecule has 0 atom stereocenters. The number of nitrogens with zero attached hydrogens (tertiary/aromatic N) is 2. The normalized spacial score (nSPS) is 14.2. The van der Waals surface area contributed by atoms with Crippen molar-refractivity contribution in [2.45, 2.75) is 39.0 Å². The van der Waals surface area contributed by atoms with Crippen LogP contribution >= 0.6 is 0 Å². The van der Waals surface area contributed by atoms with E-state index in [1.54, 1.807) is 7.11 Å². The number of hydrogen-bond acceptors (Lipinski definition) is 6. The largest absolute Gasteiger partial charge is 0.493 e. The first-order valence-electron chi connectivity index (χ1n) is 7.07. The molecule has 2 aromatic rings. The van der Waals surface area contributed by atoms with Gasteiger partial charge in [-0.05, 0) is 37.5 Å². The molecule has 1 saturated carbocycles. The predicted octanol–water partition coefficient (Wildman–Crippen LogP) is 2.22. The topological polar surface area (TPSA) is 69.4 Å². The number of rotatable bonds is 7. The maximum atomic E-state index is 5.80. The summed E-state index contributed by atoms with van der Waals surface area (Å²) >= 11 is 0. The number of methoxy groups -OCH3 is 1. The van der Waals surface area contributed by atoms with Crippen LogP contribution in [0, 0.1) is 6.92 Å². The van der Waals surface area contributed by atoms with E-state index in [0.29, 0.717) is 29.8 Å². The van der Waals surface area contributed by atoms with Crippen LogP contribution in [0.2, 0.25) is 0 Å². The highest BCUT2D eigenvalue weighted by Gasteiger charge is 2.20. The van der Waals surface area contributed by atoms with E-state index in [1.807, 2.05) is 25.1 Å². The lowest BCUT2D eigenvalue weighted by atomic mass is 10.2. The molecule has 1 aromatic heterocycles. The highest BCUT2D eigenvalue weighted by atomic mass is 16.6. The minimum absolute atomic E-state index is 0.311. The van der Waals surface area contributed by atoms with E-state index in [2.05, 4.69) is 20.3 Å². The number of aryl methyl sites for hydroxylation is 1. The van der Waals surface area contributed by atoms with Crippen molar-refractivity contribution < 1.29 is 14.1 Å². The second-order valence-electron chi connectivity index (χ2n) is 5.23. The third-order valence-corrected chi connectivity index (χ3v) is 3.51. The molecule has 1 heterocycles. The molecule has 1 aliphatic rings. The summed E-state index contributed by atoms with van der Waals surface area (Å²) in [5.74, 6) is 1.41. The quantitative estimate of drug-likeness (QED) is 0.843. The van der Waals surface area contributed by atoms with Crippen molar-refractivity contribution >= 4 is 0 Å². The molecule has 0 spiro atoms. The van der Waals surface area contributed by atoms with Gasteiger partial charge in [0.05, 0.1) is 7.11 Å². The summed E-state index contributed by atoms with van der Waals surface area (Å²) in [5.41, 5.74) is 2.60. The molecular formula is C15H19N3O3. The highest BCUT2D eigenvalue weighted by molar-refractivity contribution is 5.43. The molecule has 112 valence electrons. The third-order valence-electron chi connectivity index (χ3n) is 3.51. The van der Waals surface area contributed by atoms with Gasteiger partial charge >= 0.3 is 0 Å². The van der Waals surface area contributed by atoms with E-state index in [1.165, 1.54) is 18.4 Å². The SMILES string of the molecule is COc1ccc(CNC2CC2)cc1OCc1nonc1C. The van der Waals surface area contributed by atoms with Gasteiger partial charge in [0.15, 0.2) is 11.5 Å². The molecule has 3 rings (SSSR count). The number of hydrogen-bond donors (Lipinski definition) is 1. The zero-order chi connectivity index (χ0) is 14.7. The van der Waals surface area contributed by atoms with Gasteiger partial charge < -0.3 is 14.8 Å². The molecule has 1 aliphatic carbocycles. The van der Waals surface area contributed by atoms with E-state index in [4.69, 9.17) is 9.47 Å². The summed E-state index contributed by atoms with van der Waals surface area (Å²) < 4.78 is 15.8. The molecule has 0 radical (unpaired) electrons. The monoisotopic (exact) mass is 289 g/mol. The van der Waals surface area contributed by atoms with Crippen LogP contribution in [0.15, 0.2) is 22.8 Å². The van der Waals surface area contributed by atoms with Crippen LogP contribution in [0.4, 0.5) is 0 Å². The van der Waals surface area contributed by atoms with Gasteiger partial charge in [0, 0.05) is 12.6 Å². The fraction of sp³-hybridized carbons (Fsp3) is 0.467. The van der Waals surface area contributed by atoms with Crippen LogP contribution in [-0.4, -0.2) is 23.5 Å². The van der Waals surface area contributed by atoms with Crippen molar-refractivity contribution in [3.8, 4) is 11.5 Å². The number of ether oxygens (including phenoxy) is 2. The minimum atomic E-state index is 0.311. The maximum Gasteiger partial charge on any atom is 0.162 e. The van der Waals surface area contributed by atoms with Crippen LogP contribution in [-0.2, 0) is 13.2 Å². The van der Waals surface area contributed by atoms with E-state index < -0.39 is 0 Å². The van der Waals surface area contributed by atoms with Crippen molar-refractivity contribution in [1.29, 1.82) is 0 Å². The Kier molecular flexibility index (Phi) is 4.06. The molecule has 1 aromatic carbocycles. The summed E-state index contributed by atoms with van der Waals surface area (Å²) in [7, 11) is 1.63. The van der Waals surface area contributed by atoms with Crippen molar-refractivity contribution in [2.75, 3.05) is 7.11 Å². The van der Waals surface area contributed by atoms with Gasteiger partial charge in [-0.2, -0.15) is 0 Å². The number of nitrogens with one attached hydrogen (secondary N) is 1. The van der Waals surface area contributed by atoms with Gasteiger partial charge in [-0.15, -0.1) is 0 Å². The number of benzene rings is 1. The van der Waals surface area contributed by atoms with E-state index in [0.717, 1.165) is 12.2 Å². The molecule has 0 bridgehead atoms. The van der Waals surface area contributed by atoms with Crippen molar-refractivity contribution in [1.82, 2.24) is 15.6 Å². The summed E-state index contributed by atoms with van der Waals surface area (Å²) in [6.07, 6.45) is 2.55. The molecule has 0 saturated heterocycles. The van der Waals surface area contributed by atoms with E-state index in [-0.39, 0.29) is 0 Å². The molecule has 0 aliphatic heterocycles. The Hall–Kier alpha value is -2.08. The van der Waals surface area contributed by atoms with Crippen LogP contribution < -0.4 is 14.8 Å². The van der Waals surface area contributed by atoms with Gasteiger partial charge in [-0.1, -0.05) is 16.4 Å². The standard InChI is InChI=1S/C15H19N3O3/c1-10-13(18-21-17-10)9-20-15-7-11(3-6-14(15)19-2)8-16-12-4-5-12/h3,6-7,12,16H,4-5,8-9H2,1-2H3. The minimum Gasteiger partial charge on any atom is -0.493 e. The van der Waals surface area contributed by atoms with Gasteiger partial charge in [-0.25, -0.2) is 4.63 Å². The smallest absolute Gasteiger partial charge is 0.162 e. The zero-order valence-electron chi connectivity index (χ0n) is 12.3. The average Bonchev–Trinajstić information content (AvgIpc) is 3.25. The molecular weight excluding hydrogens is 270 g/mol. The Labute approximate surface area is 123 Å². The first-order valence-corrected chi connectivity index (χ1v) is 7.07. The van der Waals surface area contributed by atoms with Crippen LogP contribution in [0.5, 0.6) is 11.5 Å². The summed E-state index contributed by atoms with van der Waals surface area (Å²) in [6, 6.07) is 6.65. The second kappa shape index (κ2) is 6.13. The zero-order valence-corrected chi connectivity index (χ0v) is 12.3. The van der Waals surface area contributed by atoms with Gasteiger partial charge in [-0.3, -0.25) is 0 Å². The first kappa shape index (κ1) is 13.9. The molecule has 1 fully saturated rings. The van der Waals surface area contributed by atoms with Crippen LogP contribution in [0.3, 0.4) is 0 Å². The molecule has 0 amide bonds. The average molecular weight is 289 g/mol. The predicted molar refractivity (Wildman–Crippen MR) is 76.2 cm³/mol. The molecule has 6 nitrogen and oxygen atoms in total. The van der Waals surface area contributed by atoms with Gasteiger partial charge in [0.2, 0.25) is 0 Å². The molecule has 21 heavy (non-hydrogen) atoms.